The van der Waals surface area contributed by atoms with Crippen LogP contribution in [-0.4, -0.2) is 28.4 Å². The van der Waals surface area contributed by atoms with E-state index < -0.39 is 23.5 Å². The molecule has 0 radical (unpaired) electrons. The zero-order valence-corrected chi connectivity index (χ0v) is 18.1. The van der Waals surface area contributed by atoms with Crippen LogP contribution in [0.2, 0.25) is 5.02 Å². The fraction of sp³-hybridized carbons (Fsp3) is 0.160. The summed E-state index contributed by atoms with van der Waals surface area (Å²) in [6.07, 6.45) is 4.70. The van der Waals surface area contributed by atoms with Gasteiger partial charge < -0.3 is 9.84 Å². The lowest BCUT2D eigenvalue weighted by Crippen LogP contribution is -2.29. The Hall–Kier alpha value is -3.71. The lowest BCUT2D eigenvalue weighted by atomic mass is 9.94. The highest BCUT2D eigenvalue weighted by Gasteiger charge is 2.47. The number of ketones is 1. The highest BCUT2D eigenvalue weighted by atomic mass is 35.5. The summed E-state index contributed by atoms with van der Waals surface area (Å²) in [6.45, 7) is 0.631. The van der Waals surface area contributed by atoms with E-state index in [0.717, 1.165) is 30.2 Å². The van der Waals surface area contributed by atoms with Gasteiger partial charge in [0, 0.05) is 23.6 Å². The normalized spacial score (nSPS) is 19.3. The molecule has 1 atom stereocenters. The molecule has 0 bridgehead atoms. The van der Waals surface area contributed by atoms with E-state index in [-0.39, 0.29) is 22.0 Å². The number of benzene rings is 2. The van der Waals surface area contributed by atoms with Crippen molar-refractivity contribution in [3.63, 3.8) is 0 Å². The molecule has 1 saturated heterocycles. The van der Waals surface area contributed by atoms with Crippen LogP contribution in [0, 0.1) is 5.82 Å². The maximum atomic E-state index is 13.8. The topological polar surface area (TPSA) is 79.7 Å². The molecule has 166 valence electrons. The van der Waals surface area contributed by atoms with Crippen LogP contribution < -0.4 is 9.64 Å². The summed E-state index contributed by atoms with van der Waals surface area (Å²) in [5.74, 6) is -1.89. The molecule has 2 aromatic carbocycles. The van der Waals surface area contributed by atoms with Gasteiger partial charge >= 0.3 is 0 Å². The molecule has 2 aliphatic heterocycles. The van der Waals surface area contributed by atoms with Crippen LogP contribution in [-0.2, 0) is 16.0 Å². The number of carbonyl (C=O) groups excluding carboxylic acids is 2. The number of anilines is 1. The first kappa shape index (κ1) is 21.2. The second-order valence-electron chi connectivity index (χ2n) is 7.82. The Kier molecular flexibility index (Phi) is 5.34. The highest BCUT2D eigenvalue weighted by molar-refractivity contribution is 6.51. The molecule has 0 spiro atoms. The van der Waals surface area contributed by atoms with E-state index >= 15 is 0 Å². The van der Waals surface area contributed by atoms with Gasteiger partial charge in [0.1, 0.15) is 17.3 Å². The molecule has 1 N–H and O–H groups in total. The molecule has 2 aliphatic rings. The lowest BCUT2D eigenvalue weighted by molar-refractivity contribution is -0.132. The van der Waals surface area contributed by atoms with Crippen molar-refractivity contribution in [1.29, 1.82) is 0 Å². The first-order valence-corrected chi connectivity index (χ1v) is 10.8. The largest absolute Gasteiger partial charge is 0.507 e. The second-order valence-corrected chi connectivity index (χ2v) is 8.23. The molecule has 1 fully saturated rings. The van der Waals surface area contributed by atoms with Crippen molar-refractivity contribution in [3.05, 3.63) is 94.0 Å². The zero-order valence-electron chi connectivity index (χ0n) is 17.3. The standard InChI is InChI=1S/C25H18ClFN2O4/c26-18-13-17(4-5-19(18)27)29-22(14-7-9-28-10-8-14)21(24(31)25(29)32)23(30)16-3-6-20-15(12-16)2-1-11-33-20/h3-10,12-13,22,30H,1-2,11H2/b23-21-. The Morgan fingerprint density at radius 3 is 2.67 bits per heavy atom. The summed E-state index contributed by atoms with van der Waals surface area (Å²) in [7, 11) is 0. The molecule has 3 heterocycles. The predicted octanol–water partition coefficient (Wildman–Crippen LogP) is 4.83. The number of Topliss-reactive ketones (excluding diaryl/α,β-unsaturated/α-hetero) is 1. The highest BCUT2D eigenvalue weighted by Crippen LogP contribution is 2.43. The van der Waals surface area contributed by atoms with Crippen LogP contribution >= 0.6 is 11.6 Å². The minimum Gasteiger partial charge on any atom is -0.507 e. The van der Waals surface area contributed by atoms with E-state index in [1.807, 2.05) is 0 Å². The molecule has 5 rings (SSSR count). The number of nitrogens with zero attached hydrogens (tertiary/aromatic N) is 2. The van der Waals surface area contributed by atoms with Gasteiger partial charge in [-0.15, -0.1) is 0 Å². The number of carbonyl (C=O) groups is 2. The number of hydrogen-bond acceptors (Lipinski definition) is 5. The Morgan fingerprint density at radius 2 is 1.91 bits per heavy atom. The van der Waals surface area contributed by atoms with Crippen LogP contribution in [0.4, 0.5) is 10.1 Å². The number of aliphatic hydroxyl groups excluding tert-OH is 1. The van der Waals surface area contributed by atoms with Gasteiger partial charge in [0.15, 0.2) is 0 Å². The smallest absolute Gasteiger partial charge is 0.300 e. The number of pyridine rings is 1. The number of aromatic nitrogens is 1. The van der Waals surface area contributed by atoms with E-state index in [0.29, 0.717) is 17.7 Å². The van der Waals surface area contributed by atoms with Crippen LogP contribution in [0.15, 0.2) is 66.5 Å². The van der Waals surface area contributed by atoms with Crippen molar-refractivity contribution in [2.24, 2.45) is 0 Å². The van der Waals surface area contributed by atoms with Gasteiger partial charge in [-0.2, -0.15) is 0 Å². The molecule has 1 aromatic heterocycles. The van der Waals surface area contributed by atoms with Crippen molar-refractivity contribution in [2.45, 2.75) is 18.9 Å². The van der Waals surface area contributed by atoms with Crippen LogP contribution in [0.3, 0.4) is 0 Å². The first-order valence-electron chi connectivity index (χ1n) is 10.4. The Bertz CT molecular complexity index is 1310. The van der Waals surface area contributed by atoms with Crippen LogP contribution in [0.5, 0.6) is 5.75 Å². The van der Waals surface area contributed by atoms with E-state index in [2.05, 4.69) is 4.98 Å². The van der Waals surface area contributed by atoms with Gasteiger partial charge in [0.25, 0.3) is 11.7 Å². The summed E-state index contributed by atoms with van der Waals surface area (Å²) in [5.41, 5.74) is 2.07. The third-order valence-corrected chi connectivity index (χ3v) is 6.12. The fourth-order valence-corrected chi connectivity index (χ4v) is 4.43. The van der Waals surface area contributed by atoms with Crippen molar-refractivity contribution >= 4 is 34.7 Å². The van der Waals surface area contributed by atoms with Gasteiger partial charge in [-0.1, -0.05) is 11.6 Å². The molecule has 8 heteroatoms. The number of rotatable bonds is 3. The van der Waals surface area contributed by atoms with Gasteiger partial charge in [0.2, 0.25) is 0 Å². The SMILES string of the molecule is O=C1C(=O)N(c2ccc(F)c(Cl)c2)C(c2ccncc2)/C1=C(/O)c1ccc2c(c1)CCCO2. The Morgan fingerprint density at radius 1 is 1.12 bits per heavy atom. The minimum atomic E-state index is -0.943. The number of fused-ring (bicyclic) bond motifs is 1. The van der Waals surface area contributed by atoms with Crippen LogP contribution in [0.25, 0.3) is 5.76 Å². The van der Waals surface area contributed by atoms with E-state index in [9.17, 15) is 19.1 Å². The Labute approximate surface area is 193 Å². The van der Waals surface area contributed by atoms with Crippen molar-refractivity contribution in [3.8, 4) is 5.75 Å². The molecule has 1 unspecified atom stereocenters. The second kappa shape index (κ2) is 8.33. The third kappa shape index (κ3) is 3.64. The number of hydrogen-bond donors (Lipinski definition) is 1. The van der Waals surface area contributed by atoms with Crippen LogP contribution in [0.1, 0.15) is 29.2 Å². The third-order valence-electron chi connectivity index (χ3n) is 5.83. The molecule has 1 amide bonds. The average molecular weight is 465 g/mol. The molecule has 0 saturated carbocycles. The van der Waals surface area contributed by atoms with Gasteiger partial charge in [-0.25, -0.2) is 4.39 Å². The number of ether oxygens (including phenoxy) is 1. The van der Waals surface area contributed by atoms with Crippen molar-refractivity contribution < 1.29 is 23.8 Å². The summed E-state index contributed by atoms with van der Waals surface area (Å²) in [5, 5.41) is 11.1. The Balaban J connectivity index is 1.69. The number of amides is 1. The summed E-state index contributed by atoms with van der Waals surface area (Å²) in [4.78, 5) is 31.5. The monoisotopic (exact) mass is 464 g/mol. The van der Waals surface area contributed by atoms with Crippen molar-refractivity contribution in [1.82, 2.24) is 4.98 Å². The number of aryl methyl sites for hydroxylation is 1. The average Bonchev–Trinajstić information content (AvgIpc) is 3.11. The molecule has 0 aliphatic carbocycles. The molecular formula is C25H18ClFN2O4. The fourth-order valence-electron chi connectivity index (χ4n) is 4.26. The van der Waals surface area contributed by atoms with E-state index in [1.54, 1.807) is 30.3 Å². The summed E-state index contributed by atoms with van der Waals surface area (Å²) in [6, 6.07) is 11.3. The molecular weight excluding hydrogens is 447 g/mol. The molecule has 3 aromatic rings. The number of halogens is 2. The quantitative estimate of drug-likeness (QED) is 0.341. The van der Waals surface area contributed by atoms with Gasteiger partial charge in [0.05, 0.1) is 23.2 Å². The minimum absolute atomic E-state index is 0.0664. The zero-order chi connectivity index (χ0) is 23.1. The van der Waals surface area contributed by atoms with E-state index in [4.69, 9.17) is 16.3 Å². The first-order chi connectivity index (χ1) is 16.0. The lowest BCUT2D eigenvalue weighted by Gasteiger charge is -2.25. The van der Waals surface area contributed by atoms with E-state index in [1.165, 1.54) is 29.4 Å². The predicted molar refractivity (Wildman–Crippen MR) is 121 cm³/mol. The van der Waals surface area contributed by atoms with Gasteiger partial charge in [-0.3, -0.25) is 19.5 Å². The maximum absolute atomic E-state index is 13.8. The molecule has 33 heavy (non-hydrogen) atoms. The van der Waals surface area contributed by atoms with Crippen molar-refractivity contribution in [2.75, 3.05) is 11.5 Å². The summed E-state index contributed by atoms with van der Waals surface area (Å²) >= 11 is 5.95. The molecule has 6 nitrogen and oxygen atoms in total. The number of aliphatic hydroxyl groups is 1. The maximum Gasteiger partial charge on any atom is 0.300 e. The summed E-state index contributed by atoms with van der Waals surface area (Å²) < 4.78 is 19.4. The van der Waals surface area contributed by atoms with Gasteiger partial charge in [-0.05, 0) is 72.5 Å².